The predicted octanol–water partition coefficient (Wildman–Crippen LogP) is 0.933. The minimum Gasteiger partial charge on any atom is -0.444 e. The molecule has 8 heteroatoms. The van der Waals surface area contributed by atoms with Gasteiger partial charge >= 0.3 is 6.09 Å². The zero-order chi connectivity index (χ0) is 17.6. The lowest BCUT2D eigenvalue weighted by Gasteiger charge is -2.29. The average molecular weight is 345 g/mol. The Bertz CT molecular complexity index is 444. The van der Waals surface area contributed by atoms with E-state index in [1.807, 2.05) is 11.8 Å². The third kappa shape index (κ3) is 7.11. The zero-order valence-corrected chi connectivity index (χ0v) is 15.4. The molecule has 0 aromatic carbocycles. The summed E-state index contributed by atoms with van der Waals surface area (Å²) in [5.41, 5.74) is -0.614. The Morgan fingerprint density at radius 3 is 2.35 bits per heavy atom. The first kappa shape index (κ1) is 19.6. The number of hydrogen-bond donors (Lipinski definition) is 1. The van der Waals surface area contributed by atoms with Crippen LogP contribution in [0.15, 0.2) is 0 Å². The Morgan fingerprint density at radius 1 is 1.26 bits per heavy atom. The highest BCUT2D eigenvalue weighted by Crippen LogP contribution is 2.11. The van der Waals surface area contributed by atoms with Gasteiger partial charge in [0.25, 0.3) is 0 Å². The number of nitrogens with zero attached hydrogens (tertiary/aromatic N) is 2. The normalized spacial score (nSPS) is 16.5. The molecule has 1 aliphatic rings. The molecule has 0 aromatic rings. The molecule has 1 saturated heterocycles. The molecule has 0 saturated carbocycles. The summed E-state index contributed by atoms with van der Waals surface area (Å²) in [5, 5.41) is 2.64. The van der Waals surface area contributed by atoms with Crippen molar-refractivity contribution in [3.8, 4) is 0 Å². The Labute approximate surface area is 142 Å². The van der Waals surface area contributed by atoms with Crippen LogP contribution in [-0.2, 0) is 14.3 Å². The standard InChI is InChI=1S/C15H27N3O4S/c1-11(13(20)18-6-8-23-9-7-18)16-12(19)10-17(5)14(21)22-15(2,3)4/h11H,6-10H2,1-5H3,(H,16,19). The van der Waals surface area contributed by atoms with Crippen molar-refractivity contribution in [1.82, 2.24) is 15.1 Å². The average Bonchev–Trinajstić information content (AvgIpc) is 2.45. The van der Waals surface area contributed by atoms with Gasteiger partial charge in [-0.05, 0) is 27.7 Å². The highest BCUT2D eigenvalue weighted by Gasteiger charge is 2.25. The summed E-state index contributed by atoms with van der Waals surface area (Å²) < 4.78 is 5.18. The van der Waals surface area contributed by atoms with Gasteiger partial charge < -0.3 is 19.9 Å². The second kappa shape index (κ2) is 8.42. The molecular weight excluding hydrogens is 318 g/mol. The molecule has 0 bridgehead atoms. The SMILES string of the molecule is CC(NC(=O)CN(C)C(=O)OC(C)(C)C)C(=O)N1CCSCC1. The van der Waals surface area contributed by atoms with Gasteiger partial charge in [0, 0.05) is 31.6 Å². The maximum absolute atomic E-state index is 12.2. The fourth-order valence-electron chi connectivity index (χ4n) is 2.03. The van der Waals surface area contributed by atoms with Gasteiger partial charge in [-0.3, -0.25) is 9.59 Å². The van der Waals surface area contributed by atoms with Crippen LogP contribution in [0.2, 0.25) is 0 Å². The van der Waals surface area contributed by atoms with Crippen molar-refractivity contribution in [3.63, 3.8) is 0 Å². The van der Waals surface area contributed by atoms with Crippen molar-refractivity contribution < 1.29 is 19.1 Å². The molecule has 0 aliphatic carbocycles. The largest absolute Gasteiger partial charge is 0.444 e. The van der Waals surface area contributed by atoms with Crippen LogP contribution in [0.25, 0.3) is 0 Å². The highest BCUT2D eigenvalue weighted by atomic mass is 32.2. The predicted molar refractivity (Wildman–Crippen MR) is 90.4 cm³/mol. The van der Waals surface area contributed by atoms with Gasteiger partial charge in [0.15, 0.2) is 0 Å². The van der Waals surface area contributed by atoms with Gasteiger partial charge in [0.05, 0.1) is 0 Å². The van der Waals surface area contributed by atoms with Crippen LogP contribution in [0.4, 0.5) is 4.79 Å². The van der Waals surface area contributed by atoms with E-state index in [4.69, 9.17) is 4.74 Å². The fraction of sp³-hybridized carbons (Fsp3) is 0.800. The Kier molecular flexibility index (Phi) is 7.18. The number of carbonyl (C=O) groups is 3. The van der Waals surface area contributed by atoms with Crippen molar-refractivity contribution in [2.75, 3.05) is 38.2 Å². The van der Waals surface area contributed by atoms with Gasteiger partial charge in [-0.25, -0.2) is 4.79 Å². The summed E-state index contributed by atoms with van der Waals surface area (Å²) in [4.78, 5) is 39.0. The van der Waals surface area contributed by atoms with Crippen LogP contribution < -0.4 is 5.32 Å². The molecule has 1 heterocycles. The van der Waals surface area contributed by atoms with Crippen molar-refractivity contribution in [2.24, 2.45) is 0 Å². The summed E-state index contributed by atoms with van der Waals surface area (Å²) in [5.74, 6) is 1.38. The summed E-state index contributed by atoms with van der Waals surface area (Å²) in [6.45, 7) is 8.21. The molecule has 1 atom stereocenters. The number of hydrogen-bond acceptors (Lipinski definition) is 5. The van der Waals surface area contributed by atoms with Crippen LogP contribution in [-0.4, -0.2) is 77.5 Å². The van der Waals surface area contributed by atoms with E-state index in [9.17, 15) is 14.4 Å². The van der Waals surface area contributed by atoms with Gasteiger partial charge in [0.2, 0.25) is 11.8 Å². The minimum atomic E-state index is -0.614. The Balaban J connectivity index is 2.42. The van der Waals surface area contributed by atoms with Crippen molar-refractivity contribution in [3.05, 3.63) is 0 Å². The summed E-state index contributed by atoms with van der Waals surface area (Å²) in [6, 6.07) is -0.599. The first-order valence-corrected chi connectivity index (χ1v) is 8.85. The van der Waals surface area contributed by atoms with E-state index >= 15 is 0 Å². The van der Waals surface area contributed by atoms with Gasteiger partial charge in [-0.2, -0.15) is 11.8 Å². The molecule has 0 radical (unpaired) electrons. The number of amides is 3. The number of carbonyl (C=O) groups excluding carboxylic acids is 3. The molecule has 1 unspecified atom stereocenters. The molecule has 23 heavy (non-hydrogen) atoms. The summed E-state index contributed by atoms with van der Waals surface area (Å²) in [7, 11) is 1.49. The molecule has 0 spiro atoms. The molecule has 1 rings (SSSR count). The minimum absolute atomic E-state index is 0.0847. The number of likely N-dealkylation sites (N-methyl/N-ethyl adjacent to an activating group) is 1. The maximum Gasteiger partial charge on any atom is 0.410 e. The van der Waals surface area contributed by atoms with E-state index in [-0.39, 0.29) is 18.4 Å². The first-order valence-electron chi connectivity index (χ1n) is 7.70. The Morgan fingerprint density at radius 2 is 1.83 bits per heavy atom. The van der Waals surface area contributed by atoms with E-state index in [2.05, 4.69) is 5.32 Å². The number of ether oxygens (including phenoxy) is 1. The number of rotatable bonds is 4. The first-order chi connectivity index (χ1) is 10.6. The topological polar surface area (TPSA) is 79.0 Å². The second-order valence-electron chi connectivity index (χ2n) is 6.56. The van der Waals surface area contributed by atoms with E-state index in [1.54, 1.807) is 32.6 Å². The maximum atomic E-state index is 12.2. The lowest BCUT2D eigenvalue weighted by atomic mass is 10.2. The summed E-state index contributed by atoms with van der Waals surface area (Å²) >= 11 is 1.82. The van der Waals surface area contributed by atoms with Gasteiger partial charge in [-0.1, -0.05) is 0 Å². The fourth-order valence-corrected chi connectivity index (χ4v) is 2.93. The molecule has 1 fully saturated rings. The van der Waals surface area contributed by atoms with E-state index in [0.717, 1.165) is 11.5 Å². The van der Waals surface area contributed by atoms with Crippen LogP contribution in [0, 0.1) is 0 Å². The molecule has 7 nitrogen and oxygen atoms in total. The lowest BCUT2D eigenvalue weighted by molar-refractivity contribution is -0.135. The lowest BCUT2D eigenvalue weighted by Crippen LogP contribution is -2.51. The van der Waals surface area contributed by atoms with Crippen molar-refractivity contribution >= 4 is 29.7 Å². The molecule has 1 N–H and O–H groups in total. The smallest absolute Gasteiger partial charge is 0.410 e. The number of thioether (sulfide) groups is 1. The monoisotopic (exact) mass is 345 g/mol. The van der Waals surface area contributed by atoms with Gasteiger partial charge in [-0.15, -0.1) is 0 Å². The van der Waals surface area contributed by atoms with Crippen LogP contribution in [0.3, 0.4) is 0 Å². The molecule has 132 valence electrons. The molecule has 0 aromatic heterocycles. The third-order valence-corrected chi connectivity index (χ3v) is 4.10. The van der Waals surface area contributed by atoms with Gasteiger partial charge in [0.1, 0.15) is 18.2 Å². The highest BCUT2D eigenvalue weighted by molar-refractivity contribution is 7.99. The third-order valence-electron chi connectivity index (χ3n) is 3.16. The Hall–Kier alpha value is -1.44. The van der Waals surface area contributed by atoms with Crippen LogP contribution >= 0.6 is 11.8 Å². The molecule has 1 aliphatic heterocycles. The zero-order valence-electron chi connectivity index (χ0n) is 14.5. The van der Waals surface area contributed by atoms with E-state index in [1.165, 1.54) is 11.9 Å². The van der Waals surface area contributed by atoms with Crippen molar-refractivity contribution in [1.29, 1.82) is 0 Å². The quantitative estimate of drug-likeness (QED) is 0.820. The van der Waals surface area contributed by atoms with Crippen LogP contribution in [0.5, 0.6) is 0 Å². The molecule has 3 amide bonds. The number of nitrogens with one attached hydrogen (secondary N) is 1. The van der Waals surface area contributed by atoms with E-state index < -0.39 is 17.7 Å². The second-order valence-corrected chi connectivity index (χ2v) is 7.79. The van der Waals surface area contributed by atoms with Crippen LogP contribution in [0.1, 0.15) is 27.7 Å². The van der Waals surface area contributed by atoms with Crippen molar-refractivity contribution in [2.45, 2.75) is 39.3 Å². The molecular formula is C15H27N3O4S. The van der Waals surface area contributed by atoms with E-state index in [0.29, 0.717) is 13.1 Å². The summed E-state index contributed by atoms with van der Waals surface area (Å²) in [6.07, 6.45) is -0.570.